The zero-order chi connectivity index (χ0) is 16.5. The molecule has 1 aliphatic heterocycles. The first-order valence-electron chi connectivity index (χ1n) is 9.00. The van der Waals surface area contributed by atoms with Crippen LogP contribution in [0, 0.1) is 11.8 Å². The van der Waals surface area contributed by atoms with E-state index in [0.717, 1.165) is 64.7 Å². The van der Waals surface area contributed by atoms with Crippen LogP contribution in [0.3, 0.4) is 0 Å². The Bertz CT molecular complexity index is 383. The van der Waals surface area contributed by atoms with Gasteiger partial charge in [0.15, 0.2) is 0 Å². The predicted molar refractivity (Wildman–Crippen MR) is 89.0 cm³/mol. The molecule has 0 aromatic heterocycles. The normalized spacial score (nSPS) is 24.7. The van der Waals surface area contributed by atoms with Crippen molar-refractivity contribution in [2.75, 3.05) is 46.4 Å². The summed E-state index contributed by atoms with van der Waals surface area (Å²) in [6, 6.07) is 0. The van der Waals surface area contributed by atoms with Crippen molar-refractivity contribution in [3.63, 3.8) is 0 Å². The largest absolute Gasteiger partial charge is 0.383 e. The average molecular weight is 325 g/mol. The fourth-order valence-electron chi connectivity index (χ4n) is 3.62. The highest BCUT2D eigenvalue weighted by atomic mass is 16.5. The summed E-state index contributed by atoms with van der Waals surface area (Å²) < 4.78 is 4.96. The Kier molecular flexibility index (Phi) is 7.82. The Balaban J connectivity index is 1.77. The highest BCUT2D eigenvalue weighted by molar-refractivity contribution is 5.88. The van der Waals surface area contributed by atoms with Gasteiger partial charge in [0.1, 0.15) is 0 Å². The van der Waals surface area contributed by atoms with Gasteiger partial charge in [0.25, 0.3) is 0 Å². The number of amides is 2. The maximum atomic E-state index is 12.7. The third-order valence-electron chi connectivity index (χ3n) is 4.92. The van der Waals surface area contributed by atoms with E-state index in [1.165, 1.54) is 0 Å². The molecule has 2 unspecified atom stereocenters. The zero-order valence-electron chi connectivity index (χ0n) is 14.3. The van der Waals surface area contributed by atoms with Crippen LogP contribution in [0.1, 0.15) is 38.5 Å². The summed E-state index contributed by atoms with van der Waals surface area (Å²) in [5, 5.41) is 6.20. The third-order valence-corrected chi connectivity index (χ3v) is 4.92. The summed E-state index contributed by atoms with van der Waals surface area (Å²) in [5.41, 5.74) is 0. The minimum atomic E-state index is -0.143. The van der Waals surface area contributed by atoms with Crippen molar-refractivity contribution in [2.45, 2.75) is 38.5 Å². The van der Waals surface area contributed by atoms with Gasteiger partial charge in [-0.2, -0.15) is 0 Å². The minimum absolute atomic E-state index is 0.0517. The van der Waals surface area contributed by atoms with Crippen molar-refractivity contribution >= 4 is 11.8 Å². The van der Waals surface area contributed by atoms with Gasteiger partial charge >= 0.3 is 0 Å². The van der Waals surface area contributed by atoms with Gasteiger partial charge in [0, 0.05) is 51.7 Å². The molecule has 1 saturated carbocycles. The number of likely N-dealkylation sites (tertiary alicyclic amines) is 1. The number of ether oxygens (including phenoxy) is 1. The van der Waals surface area contributed by atoms with Crippen molar-refractivity contribution in [2.24, 2.45) is 11.8 Å². The maximum absolute atomic E-state index is 12.7. The summed E-state index contributed by atoms with van der Waals surface area (Å²) in [4.78, 5) is 27.1. The fourth-order valence-corrected chi connectivity index (χ4v) is 3.62. The summed E-state index contributed by atoms with van der Waals surface area (Å²) in [6.07, 6.45) is 6.01. The van der Waals surface area contributed by atoms with Gasteiger partial charge in [0.05, 0.1) is 6.61 Å². The highest BCUT2D eigenvalue weighted by Crippen LogP contribution is 2.32. The Morgan fingerprint density at radius 1 is 1.00 bits per heavy atom. The highest BCUT2D eigenvalue weighted by Gasteiger charge is 2.38. The van der Waals surface area contributed by atoms with Crippen LogP contribution < -0.4 is 10.6 Å². The average Bonchev–Trinajstić information content (AvgIpc) is 3.11. The summed E-state index contributed by atoms with van der Waals surface area (Å²) >= 11 is 0. The first kappa shape index (κ1) is 18.2. The lowest BCUT2D eigenvalue weighted by Gasteiger charge is -2.32. The molecule has 2 atom stereocenters. The lowest BCUT2D eigenvalue weighted by atomic mass is 9.78. The number of rotatable bonds is 8. The Morgan fingerprint density at radius 3 is 2.39 bits per heavy atom. The van der Waals surface area contributed by atoms with Crippen molar-refractivity contribution in [1.29, 1.82) is 0 Å². The van der Waals surface area contributed by atoms with E-state index < -0.39 is 0 Å². The van der Waals surface area contributed by atoms with Crippen molar-refractivity contribution < 1.29 is 14.3 Å². The number of carbonyl (C=O) groups is 2. The van der Waals surface area contributed by atoms with Gasteiger partial charge in [-0.25, -0.2) is 0 Å². The van der Waals surface area contributed by atoms with Gasteiger partial charge in [-0.3, -0.25) is 9.59 Å². The number of hydrogen-bond donors (Lipinski definition) is 2. The van der Waals surface area contributed by atoms with Crippen LogP contribution in [-0.4, -0.2) is 63.2 Å². The molecule has 1 saturated heterocycles. The zero-order valence-corrected chi connectivity index (χ0v) is 14.3. The monoisotopic (exact) mass is 325 g/mol. The maximum Gasteiger partial charge on any atom is 0.226 e. The Labute approximate surface area is 139 Å². The van der Waals surface area contributed by atoms with E-state index in [4.69, 9.17) is 4.74 Å². The van der Waals surface area contributed by atoms with E-state index in [1.54, 1.807) is 7.11 Å². The van der Waals surface area contributed by atoms with Crippen LogP contribution in [0.2, 0.25) is 0 Å². The van der Waals surface area contributed by atoms with E-state index in [0.29, 0.717) is 13.2 Å². The number of methoxy groups -OCH3 is 1. The Hall–Kier alpha value is -1.14. The van der Waals surface area contributed by atoms with Crippen molar-refractivity contribution in [1.82, 2.24) is 15.5 Å². The molecule has 23 heavy (non-hydrogen) atoms. The molecule has 0 radical (unpaired) electrons. The molecule has 2 amide bonds. The smallest absolute Gasteiger partial charge is 0.226 e. The van der Waals surface area contributed by atoms with E-state index in [2.05, 4.69) is 10.6 Å². The Morgan fingerprint density at radius 2 is 1.70 bits per heavy atom. The molecular formula is C17H31N3O3. The molecule has 0 spiro atoms. The molecule has 6 heteroatoms. The number of hydrogen-bond acceptors (Lipinski definition) is 4. The SMILES string of the molecule is COCCNCCNC(=O)C1CCCCC1C(=O)N1CCCC1. The van der Waals surface area contributed by atoms with Gasteiger partial charge in [-0.05, 0) is 25.7 Å². The second kappa shape index (κ2) is 9.88. The van der Waals surface area contributed by atoms with Crippen molar-refractivity contribution in [3.05, 3.63) is 0 Å². The second-order valence-electron chi connectivity index (χ2n) is 6.56. The second-order valence-corrected chi connectivity index (χ2v) is 6.56. The topological polar surface area (TPSA) is 70.7 Å². The molecule has 0 aromatic carbocycles. The molecular weight excluding hydrogens is 294 g/mol. The predicted octanol–water partition coefficient (Wildman–Crippen LogP) is 0.767. The van der Waals surface area contributed by atoms with Crippen LogP contribution in [0.4, 0.5) is 0 Å². The molecule has 0 bridgehead atoms. The van der Waals surface area contributed by atoms with E-state index >= 15 is 0 Å². The quantitative estimate of drug-likeness (QED) is 0.647. The van der Waals surface area contributed by atoms with E-state index in [1.807, 2.05) is 4.90 Å². The van der Waals surface area contributed by atoms with Crippen LogP contribution in [0.15, 0.2) is 0 Å². The molecule has 2 fully saturated rings. The molecule has 1 aliphatic carbocycles. The molecule has 2 rings (SSSR count). The summed E-state index contributed by atoms with van der Waals surface area (Å²) in [5.74, 6) is 0.00971. The van der Waals surface area contributed by atoms with Crippen LogP contribution in [0.5, 0.6) is 0 Å². The van der Waals surface area contributed by atoms with Crippen molar-refractivity contribution in [3.8, 4) is 0 Å². The van der Waals surface area contributed by atoms with Gasteiger partial charge in [-0.15, -0.1) is 0 Å². The lowest BCUT2D eigenvalue weighted by molar-refractivity contribution is -0.142. The molecule has 0 aromatic rings. The number of nitrogens with zero attached hydrogens (tertiary/aromatic N) is 1. The van der Waals surface area contributed by atoms with Crippen LogP contribution in [0.25, 0.3) is 0 Å². The molecule has 2 N–H and O–H groups in total. The van der Waals surface area contributed by atoms with Gasteiger partial charge in [0.2, 0.25) is 11.8 Å². The van der Waals surface area contributed by atoms with E-state index in [9.17, 15) is 9.59 Å². The summed E-state index contributed by atoms with van der Waals surface area (Å²) in [7, 11) is 1.67. The standard InChI is InChI=1S/C17H31N3O3/c1-23-13-10-18-8-9-19-16(21)14-6-2-3-7-15(14)17(22)20-11-4-5-12-20/h14-15,18H,2-13H2,1H3,(H,19,21). The molecule has 1 heterocycles. The van der Waals surface area contributed by atoms with Gasteiger partial charge in [-0.1, -0.05) is 12.8 Å². The molecule has 132 valence electrons. The first-order chi connectivity index (χ1) is 11.2. The summed E-state index contributed by atoms with van der Waals surface area (Å²) in [6.45, 7) is 4.52. The minimum Gasteiger partial charge on any atom is -0.383 e. The first-order valence-corrected chi connectivity index (χ1v) is 9.00. The van der Waals surface area contributed by atoms with Gasteiger partial charge < -0.3 is 20.3 Å². The molecule has 6 nitrogen and oxygen atoms in total. The third kappa shape index (κ3) is 5.46. The van der Waals surface area contributed by atoms with Crippen LogP contribution >= 0.6 is 0 Å². The molecule has 2 aliphatic rings. The number of carbonyl (C=O) groups excluding carboxylic acids is 2. The van der Waals surface area contributed by atoms with E-state index in [-0.39, 0.29) is 23.7 Å². The lowest BCUT2D eigenvalue weighted by Crippen LogP contribution is -2.45. The number of nitrogens with one attached hydrogen (secondary N) is 2. The van der Waals surface area contributed by atoms with Crippen LogP contribution in [-0.2, 0) is 14.3 Å². The fraction of sp³-hybridized carbons (Fsp3) is 0.882.